The van der Waals surface area contributed by atoms with Gasteiger partial charge in [-0.05, 0) is 30.7 Å². The quantitative estimate of drug-likeness (QED) is 0.276. The fourth-order valence-corrected chi connectivity index (χ4v) is 5.16. The second kappa shape index (κ2) is 9.87. The summed E-state index contributed by atoms with van der Waals surface area (Å²) in [4.78, 5) is 43.7. The van der Waals surface area contributed by atoms with Crippen molar-refractivity contribution in [1.82, 2.24) is 9.88 Å². The number of benzene rings is 3. The number of anilines is 1. The van der Waals surface area contributed by atoms with Crippen molar-refractivity contribution in [3.63, 3.8) is 0 Å². The van der Waals surface area contributed by atoms with Gasteiger partial charge < -0.3 is 19.9 Å². The molecule has 2 N–H and O–H groups in total. The van der Waals surface area contributed by atoms with Gasteiger partial charge in [-0.25, -0.2) is 0 Å². The predicted octanol–water partition coefficient (Wildman–Crippen LogP) is 4.95. The highest BCUT2D eigenvalue weighted by atomic mass is 16.6. The van der Waals surface area contributed by atoms with E-state index in [0.717, 1.165) is 16.5 Å². The summed E-state index contributed by atoms with van der Waals surface area (Å²) in [7, 11) is 1.57. The summed E-state index contributed by atoms with van der Waals surface area (Å²) in [6.07, 6.45) is 1.84. The van der Waals surface area contributed by atoms with Crippen LogP contribution in [-0.4, -0.2) is 46.9 Å². The zero-order valence-electron chi connectivity index (χ0n) is 20.4. The van der Waals surface area contributed by atoms with Crippen molar-refractivity contribution in [2.24, 2.45) is 0 Å². The van der Waals surface area contributed by atoms with Crippen LogP contribution in [0.15, 0.2) is 72.9 Å². The molecule has 0 spiro atoms. The summed E-state index contributed by atoms with van der Waals surface area (Å²) in [6.45, 7) is 2.19. The largest absolute Gasteiger partial charge is 0.383 e. The smallest absolute Gasteiger partial charge is 0.274 e. The molecule has 0 bridgehead atoms. The molecule has 9 nitrogen and oxygen atoms in total. The molecule has 3 aromatic carbocycles. The van der Waals surface area contributed by atoms with E-state index in [9.17, 15) is 19.7 Å². The Morgan fingerprint density at radius 3 is 2.62 bits per heavy atom. The molecule has 0 saturated heterocycles. The van der Waals surface area contributed by atoms with Crippen LogP contribution in [0.5, 0.6) is 0 Å². The van der Waals surface area contributed by atoms with Crippen LogP contribution in [0.2, 0.25) is 0 Å². The minimum atomic E-state index is -0.774. The summed E-state index contributed by atoms with van der Waals surface area (Å²) in [5.41, 5.74) is 3.40. The number of carbonyl (C=O) groups excluding carboxylic acids is 2. The van der Waals surface area contributed by atoms with Gasteiger partial charge in [0, 0.05) is 47.9 Å². The van der Waals surface area contributed by atoms with Crippen LogP contribution in [0.3, 0.4) is 0 Å². The Morgan fingerprint density at radius 1 is 1.08 bits per heavy atom. The van der Waals surface area contributed by atoms with Crippen molar-refractivity contribution >= 4 is 34.1 Å². The molecular formula is C28H26N4O5. The molecule has 0 radical (unpaired) electrons. The number of ether oxygens (including phenoxy) is 1. The van der Waals surface area contributed by atoms with Gasteiger partial charge in [0.1, 0.15) is 0 Å². The second-order valence-electron chi connectivity index (χ2n) is 8.99. The van der Waals surface area contributed by atoms with Gasteiger partial charge in [0.15, 0.2) is 0 Å². The van der Waals surface area contributed by atoms with Crippen molar-refractivity contribution in [3.05, 3.63) is 105 Å². The van der Waals surface area contributed by atoms with E-state index in [4.69, 9.17) is 4.74 Å². The SMILES string of the molecule is COCCN1C(=O)c2ccccc2[C@@H](C(=O)Nc2cccc([N+](=O)[O-])c2C)[C@H]1c1c[nH]c2ccccc12. The first-order chi connectivity index (χ1) is 17.9. The zero-order chi connectivity index (χ0) is 26.1. The molecule has 37 heavy (non-hydrogen) atoms. The maximum absolute atomic E-state index is 14.1. The molecule has 4 aromatic rings. The van der Waals surface area contributed by atoms with Gasteiger partial charge in [0.25, 0.3) is 11.6 Å². The number of aromatic amines is 1. The molecule has 0 unspecified atom stereocenters. The Labute approximate surface area is 213 Å². The number of para-hydroxylation sites is 1. The first-order valence-electron chi connectivity index (χ1n) is 11.9. The maximum Gasteiger partial charge on any atom is 0.274 e. The van der Waals surface area contributed by atoms with Crippen LogP contribution in [0.4, 0.5) is 11.4 Å². The van der Waals surface area contributed by atoms with Crippen molar-refractivity contribution in [3.8, 4) is 0 Å². The highest BCUT2D eigenvalue weighted by Crippen LogP contribution is 2.45. The van der Waals surface area contributed by atoms with Crippen LogP contribution in [0.1, 0.15) is 39.0 Å². The monoisotopic (exact) mass is 498 g/mol. The van der Waals surface area contributed by atoms with Crippen molar-refractivity contribution in [2.75, 3.05) is 25.6 Å². The third-order valence-corrected chi connectivity index (χ3v) is 6.96. The molecule has 188 valence electrons. The van der Waals surface area contributed by atoms with Crippen LogP contribution in [0, 0.1) is 17.0 Å². The van der Waals surface area contributed by atoms with Gasteiger partial charge in [-0.1, -0.05) is 42.5 Å². The Bertz CT molecular complexity index is 1510. The molecular weight excluding hydrogens is 472 g/mol. The molecule has 1 aliphatic heterocycles. The normalized spacial score (nSPS) is 17.0. The first-order valence-corrected chi connectivity index (χ1v) is 11.9. The van der Waals surface area contributed by atoms with Gasteiger partial charge in [-0.15, -0.1) is 0 Å². The highest BCUT2D eigenvalue weighted by Gasteiger charge is 2.45. The molecule has 0 aliphatic carbocycles. The Morgan fingerprint density at radius 2 is 1.84 bits per heavy atom. The summed E-state index contributed by atoms with van der Waals surface area (Å²) in [5.74, 6) is -1.32. The third-order valence-electron chi connectivity index (χ3n) is 6.96. The van der Waals surface area contributed by atoms with E-state index in [1.807, 2.05) is 36.5 Å². The Hall–Kier alpha value is -4.50. The van der Waals surface area contributed by atoms with Crippen LogP contribution < -0.4 is 5.32 Å². The molecule has 2 heterocycles. The van der Waals surface area contributed by atoms with Crippen molar-refractivity contribution in [1.29, 1.82) is 0 Å². The second-order valence-corrected chi connectivity index (χ2v) is 8.99. The molecule has 0 fully saturated rings. The van der Waals surface area contributed by atoms with E-state index in [1.54, 1.807) is 49.3 Å². The van der Waals surface area contributed by atoms with E-state index in [2.05, 4.69) is 10.3 Å². The Kier molecular flexibility index (Phi) is 6.45. The number of aromatic nitrogens is 1. The fourth-order valence-electron chi connectivity index (χ4n) is 5.16. The van der Waals surface area contributed by atoms with Crippen molar-refractivity contribution < 1.29 is 19.2 Å². The number of nitro benzene ring substituents is 1. The van der Waals surface area contributed by atoms with E-state index < -0.39 is 16.9 Å². The van der Waals surface area contributed by atoms with E-state index in [-0.39, 0.29) is 24.0 Å². The number of hydrogen-bond acceptors (Lipinski definition) is 5. The molecule has 1 aromatic heterocycles. The number of amides is 2. The van der Waals surface area contributed by atoms with Gasteiger partial charge in [-0.2, -0.15) is 0 Å². The number of hydrogen-bond donors (Lipinski definition) is 2. The predicted molar refractivity (Wildman–Crippen MR) is 140 cm³/mol. The van der Waals surface area contributed by atoms with Crippen LogP contribution >= 0.6 is 0 Å². The number of rotatable bonds is 7. The minimum Gasteiger partial charge on any atom is -0.383 e. The van der Waals surface area contributed by atoms with Crippen LogP contribution in [-0.2, 0) is 9.53 Å². The van der Waals surface area contributed by atoms with E-state index in [0.29, 0.717) is 29.0 Å². The van der Waals surface area contributed by atoms with Gasteiger partial charge in [-0.3, -0.25) is 19.7 Å². The van der Waals surface area contributed by atoms with E-state index in [1.165, 1.54) is 6.07 Å². The number of fused-ring (bicyclic) bond motifs is 2. The molecule has 2 amide bonds. The number of nitro groups is 1. The standard InChI is InChI=1S/C28H26N4O5/c1-17-22(12-7-13-24(17)32(35)36)30-27(33)25-19-9-3-4-10-20(19)28(34)31(14-15-37-2)26(25)21-16-29-23-11-6-5-8-18(21)23/h3-13,16,25-26,29H,14-15H2,1-2H3,(H,30,33)/t25-,26-/m1/s1. The number of methoxy groups -OCH3 is 1. The van der Waals surface area contributed by atoms with Crippen molar-refractivity contribution in [2.45, 2.75) is 18.9 Å². The summed E-state index contributed by atoms with van der Waals surface area (Å²) >= 11 is 0. The lowest BCUT2D eigenvalue weighted by Crippen LogP contribution is -2.47. The molecule has 2 atom stereocenters. The highest BCUT2D eigenvalue weighted by molar-refractivity contribution is 6.05. The zero-order valence-corrected chi connectivity index (χ0v) is 20.4. The van der Waals surface area contributed by atoms with Gasteiger partial charge >= 0.3 is 0 Å². The first kappa shape index (κ1) is 24.2. The fraction of sp³-hybridized carbons (Fsp3) is 0.214. The molecule has 0 saturated carbocycles. The number of H-pyrrole nitrogens is 1. The minimum absolute atomic E-state index is 0.0769. The number of nitrogens with one attached hydrogen (secondary N) is 2. The van der Waals surface area contributed by atoms with Gasteiger partial charge in [0.05, 0.1) is 34.7 Å². The van der Waals surface area contributed by atoms with Crippen LogP contribution in [0.25, 0.3) is 10.9 Å². The number of nitrogens with zero attached hydrogens (tertiary/aromatic N) is 2. The topological polar surface area (TPSA) is 118 Å². The maximum atomic E-state index is 14.1. The van der Waals surface area contributed by atoms with E-state index >= 15 is 0 Å². The lowest BCUT2D eigenvalue weighted by molar-refractivity contribution is -0.385. The summed E-state index contributed by atoms with van der Waals surface area (Å²) in [6, 6.07) is 18.8. The lowest BCUT2D eigenvalue weighted by atomic mass is 9.79. The average molecular weight is 499 g/mol. The van der Waals surface area contributed by atoms with Gasteiger partial charge in [0.2, 0.25) is 5.91 Å². The summed E-state index contributed by atoms with van der Waals surface area (Å²) in [5, 5.41) is 15.3. The molecule has 9 heteroatoms. The number of carbonyl (C=O) groups is 2. The Balaban J connectivity index is 1.67. The molecule has 5 rings (SSSR count). The third kappa shape index (κ3) is 4.23. The lowest BCUT2D eigenvalue weighted by Gasteiger charge is -2.41. The molecule has 1 aliphatic rings. The average Bonchev–Trinajstić information content (AvgIpc) is 3.33. The summed E-state index contributed by atoms with van der Waals surface area (Å²) < 4.78 is 5.31.